The van der Waals surface area contributed by atoms with Gasteiger partial charge in [0.15, 0.2) is 5.82 Å². The molecule has 1 atom stereocenters. The molecule has 2 aliphatic rings. The number of nitrogens with one attached hydrogen (secondary N) is 1. The molecule has 0 spiro atoms. The summed E-state index contributed by atoms with van der Waals surface area (Å²) in [5, 5.41) is 0. The van der Waals surface area contributed by atoms with Gasteiger partial charge in [0.25, 0.3) is 5.91 Å². The van der Waals surface area contributed by atoms with Gasteiger partial charge in [-0.15, -0.1) is 0 Å². The number of aliphatic imine (C=N–C) groups is 1. The van der Waals surface area contributed by atoms with Crippen molar-refractivity contribution in [3.8, 4) is 0 Å². The third-order valence-electron chi connectivity index (χ3n) is 5.47. The highest BCUT2D eigenvalue weighted by atomic mass is 16.2. The Labute approximate surface area is 169 Å². The third-order valence-corrected chi connectivity index (χ3v) is 5.47. The van der Waals surface area contributed by atoms with Crippen molar-refractivity contribution in [3.63, 3.8) is 0 Å². The highest BCUT2D eigenvalue weighted by Gasteiger charge is 2.41. The van der Waals surface area contributed by atoms with Gasteiger partial charge >= 0.3 is 0 Å². The molecule has 0 saturated carbocycles. The largest absolute Gasteiger partial charge is 0.336 e. The Morgan fingerprint density at radius 1 is 1.03 bits per heavy atom. The van der Waals surface area contributed by atoms with E-state index in [0.717, 1.165) is 30.3 Å². The van der Waals surface area contributed by atoms with Crippen molar-refractivity contribution >= 4 is 17.7 Å². The van der Waals surface area contributed by atoms with Crippen LogP contribution in [0, 0.1) is 0 Å². The number of nitrogens with zero attached hydrogens (tertiary/aromatic N) is 4. The molecule has 6 heteroatoms. The maximum atomic E-state index is 13.1. The number of carbonyl (C=O) groups excluding carboxylic acids is 1. The molecule has 0 aliphatic carbocycles. The van der Waals surface area contributed by atoms with Gasteiger partial charge in [0.2, 0.25) is 5.96 Å². The summed E-state index contributed by atoms with van der Waals surface area (Å²) in [5.41, 5.74) is 2.98. The zero-order chi connectivity index (χ0) is 19.8. The molecule has 2 aromatic carbocycles. The molecule has 6 nitrogen and oxygen atoms in total. The minimum Gasteiger partial charge on any atom is -0.336 e. The first-order valence-corrected chi connectivity index (χ1v) is 10.1. The van der Waals surface area contributed by atoms with Crippen molar-refractivity contribution in [2.24, 2.45) is 4.99 Å². The Kier molecular flexibility index (Phi) is 4.39. The van der Waals surface area contributed by atoms with E-state index < -0.39 is 0 Å². The van der Waals surface area contributed by atoms with Crippen molar-refractivity contribution in [1.29, 1.82) is 0 Å². The predicted molar refractivity (Wildman–Crippen MR) is 113 cm³/mol. The number of aromatic amines is 1. The molecule has 5 rings (SSSR count). The number of benzene rings is 2. The van der Waals surface area contributed by atoms with Crippen LogP contribution in [0.25, 0.3) is 0 Å². The number of imidazole rings is 1. The summed E-state index contributed by atoms with van der Waals surface area (Å²) < 4.78 is 0. The van der Waals surface area contributed by atoms with Crippen LogP contribution < -0.4 is 4.90 Å². The zero-order valence-electron chi connectivity index (χ0n) is 16.4. The van der Waals surface area contributed by atoms with Crippen molar-refractivity contribution in [2.75, 3.05) is 18.0 Å². The number of H-pyrrole nitrogens is 1. The van der Waals surface area contributed by atoms with Gasteiger partial charge in [-0.25, -0.2) is 9.98 Å². The summed E-state index contributed by atoms with van der Waals surface area (Å²) >= 11 is 0. The summed E-state index contributed by atoms with van der Waals surface area (Å²) in [5.74, 6) is 2.19. The first-order chi connectivity index (χ1) is 14.2. The molecular weight excluding hydrogens is 362 g/mol. The number of rotatable bonds is 5. The van der Waals surface area contributed by atoms with Gasteiger partial charge in [-0.2, -0.15) is 0 Å². The SMILES string of the molecule is CCN1C(=O)c2[nH]c(Cc3ccccc3)nc2N2CC(Cc3ccccc3)N=C12. The van der Waals surface area contributed by atoms with Gasteiger partial charge in [0.1, 0.15) is 11.5 Å². The molecule has 3 heterocycles. The summed E-state index contributed by atoms with van der Waals surface area (Å²) in [6, 6.07) is 20.6. The normalized spacial score (nSPS) is 17.9. The maximum absolute atomic E-state index is 13.1. The molecule has 0 fully saturated rings. The molecule has 1 amide bonds. The minimum absolute atomic E-state index is 0.0512. The van der Waals surface area contributed by atoms with Crippen molar-refractivity contribution in [2.45, 2.75) is 25.8 Å². The monoisotopic (exact) mass is 385 g/mol. The van der Waals surface area contributed by atoms with Crippen LogP contribution in [0.5, 0.6) is 0 Å². The van der Waals surface area contributed by atoms with Crippen LogP contribution >= 0.6 is 0 Å². The molecule has 146 valence electrons. The summed E-state index contributed by atoms with van der Waals surface area (Å²) in [6.45, 7) is 3.30. The van der Waals surface area contributed by atoms with Gasteiger partial charge in [-0.3, -0.25) is 14.6 Å². The smallest absolute Gasteiger partial charge is 0.280 e. The average molecular weight is 385 g/mol. The number of fused-ring (bicyclic) bond motifs is 3. The van der Waals surface area contributed by atoms with Crippen molar-refractivity contribution < 1.29 is 4.79 Å². The number of anilines is 1. The lowest BCUT2D eigenvalue weighted by Gasteiger charge is -2.32. The van der Waals surface area contributed by atoms with Gasteiger partial charge in [0, 0.05) is 13.0 Å². The Morgan fingerprint density at radius 3 is 2.41 bits per heavy atom. The average Bonchev–Trinajstić information content (AvgIpc) is 3.34. The lowest BCUT2D eigenvalue weighted by Crippen LogP contribution is -2.50. The second-order valence-corrected chi connectivity index (χ2v) is 7.48. The molecule has 1 unspecified atom stereocenters. The molecule has 3 aromatic rings. The van der Waals surface area contributed by atoms with E-state index in [9.17, 15) is 4.79 Å². The Morgan fingerprint density at radius 2 is 1.72 bits per heavy atom. The van der Waals surface area contributed by atoms with E-state index in [0.29, 0.717) is 24.5 Å². The third kappa shape index (κ3) is 3.20. The molecule has 29 heavy (non-hydrogen) atoms. The quantitative estimate of drug-likeness (QED) is 0.733. The highest BCUT2D eigenvalue weighted by Crippen LogP contribution is 2.31. The lowest BCUT2D eigenvalue weighted by atomic mass is 10.1. The highest BCUT2D eigenvalue weighted by molar-refractivity contribution is 6.17. The molecule has 1 N–H and O–H groups in total. The molecule has 0 radical (unpaired) electrons. The number of hydrogen-bond acceptors (Lipinski definition) is 4. The van der Waals surface area contributed by atoms with Gasteiger partial charge in [-0.1, -0.05) is 60.7 Å². The molecule has 1 aromatic heterocycles. The molecule has 2 aliphatic heterocycles. The van der Waals surface area contributed by atoms with E-state index >= 15 is 0 Å². The molecule has 0 saturated heterocycles. The second-order valence-electron chi connectivity index (χ2n) is 7.48. The van der Waals surface area contributed by atoms with Crippen LogP contribution in [0.3, 0.4) is 0 Å². The predicted octanol–water partition coefficient (Wildman–Crippen LogP) is 3.26. The second kappa shape index (κ2) is 7.20. The van der Waals surface area contributed by atoms with Crippen LogP contribution in [0.15, 0.2) is 65.7 Å². The van der Waals surface area contributed by atoms with Crippen LogP contribution in [-0.2, 0) is 12.8 Å². The Balaban J connectivity index is 1.45. The van der Waals surface area contributed by atoms with E-state index in [-0.39, 0.29) is 11.9 Å². The van der Waals surface area contributed by atoms with E-state index in [1.54, 1.807) is 4.90 Å². The van der Waals surface area contributed by atoms with Crippen LogP contribution in [0.2, 0.25) is 0 Å². The topological polar surface area (TPSA) is 64.6 Å². The van der Waals surface area contributed by atoms with Gasteiger partial charge < -0.3 is 4.98 Å². The molecule has 0 bridgehead atoms. The van der Waals surface area contributed by atoms with Gasteiger partial charge in [-0.05, 0) is 24.5 Å². The Hall–Kier alpha value is -3.41. The van der Waals surface area contributed by atoms with E-state index in [2.05, 4.69) is 34.1 Å². The van der Waals surface area contributed by atoms with Crippen molar-refractivity contribution in [1.82, 2.24) is 14.9 Å². The fraction of sp³-hybridized carbons (Fsp3) is 0.261. The number of hydrogen-bond donors (Lipinski definition) is 1. The first kappa shape index (κ1) is 17.7. The summed E-state index contributed by atoms with van der Waals surface area (Å²) in [6.07, 6.45) is 1.52. The minimum atomic E-state index is -0.0512. The van der Waals surface area contributed by atoms with E-state index in [1.165, 1.54) is 5.56 Å². The fourth-order valence-corrected chi connectivity index (χ4v) is 4.10. The number of guanidine groups is 1. The summed E-state index contributed by atoms with van der Waals surface area (Å²) in [4.78, 5) is 29.9. The zero-order valence-corrected chi connectivity index (χ0v) is 16.4. The number of aromatic nitrogens is 2. The first-order valence-electron chi connectivity index (χ1n) is 10.1. The lowest BCUT2D eigenvalue weighted by molar-refractivity contribution is 0.0841. The molecular formula is C23H23N5O. The van der Waals surface area contributed by atoms with Crippen LogP contribution in [0.1, 0.15) is 34.4 Å². The standard InChI is InChI=1S/C23H23N5O/c1-2-27-22(29)20-21(26-19(25-20)14-17-11-7-4-8-12-17)28-15-18(24-23(27)28)13-16-9-5-3-6-10-16/h3-12,18H,2,13-15H2,1H3,(H,25,26). The van der Waals surface area contributed by atoms with Crippen molar-refractivity contribution in [3.05, 3.63) is 83.3 Å². The number of amides is 1. The van der Waals surface area contributed by atoms with Gasteiger partial charge in [0.05, 0.1) is 12.6 Å². The van der Waals surface area contributed by atoms with E-state index in [4.69, 9.17) is 9.98 Å². The number of carbonyl (C=O) groups is 1. The van der Waals surface area contributed by atoms with E-state index in [1.807, 2.05) is 43.3 Å². The maximum Gasteiger partial charge on any atom is 0.280 e. The van der Waals surface area contributed by atoms with Crippen LogP contribution in [-0.4, -0.2) is 45.9 Å². The summed E-state index contributed by atoms with van der Waals surface area (Å²) in [7, 11) is 0. The fourth-order valence-electron chi connectivity index (χ4n) is 4.10. The Bertz CT molecular complexity index is 1060. The van der Waals surface area contributed by atoms with Crippen LogP contribution in [0.4, 0.5) is 5.82 Å².